The van der Waals surface area contributed by atoms with E-state index < -0.39 is 11.7 Å². The standard InChI is InChI=1S/C15H13ClFNO/c1-9-6-7-11(13(17)8-9)15(19)18-14-10(2)4-3-5-12(14)16/h3-8H,1-2H3,(H,18,19). The summed E-state index contributed by atoms with van der Waals surface area (Å²) in [6.07, 6.45) is 0. The van der Waals surface area contributed by atoms with Gasteiger partial charge in [0.05, 0.1) is 16.3 Å². The van der Waals surface area contributed by atoms with E-state index in [2.05, 4.69) is 5.32 Å². The first-order valence-electron chi connectivity index (χ1n) is 5.81. The molecule has 0 saturated carbocycles. The molecule has 0 aliphatic carbocycles. The van der Waals surface area contributed by atoms with Crippen molar-refractivity contribution in [3.05, 3.63) is 63.9 Å². The molecule has 0 atom stereocenters. The zero-order valence-electron chi connectivity index (χ0n) is 10.6. The molecule has 98 valence electrons. The molecule has 0 unspecified atom stereocenters. The molecule has 2 rings (SSSR count). The minimum atomic E-state index is -0.540. The lowest BCUT2D eigenvalue weighted by molar-refractivity contribution is 0.102. The van der Waals surface area contributed by atoms with E-state index in [1.165, 1.54) is 12.1 Å². The molecule has 0 saturated heterocycles. The minimum Gasteiger partial charge on any atom is -0.320 e. The highest BCUT2D eigenvalue weighted by Gasteiger charge is 2.14. The maximum atomic E-state index is 13.7. The molecule has 0 aliphatic rings. The maximum Gasteiger partial charge on any atom is 0.258 e. The van der Waals surface area contributed by atoms with E-state index >= 15 is 0 Å². The Bertz CT molecular complexity index is 620. The summed E-state index contributed by atoms with van der Waals surface area (Å²) in [6.45, 7) is 3.59. The average molecular weight is 278 g/mol. The van der Waals surface area contributed by atoms with Crippen molar-refractivity contribution in [3.63, 3.8) is 0 Å². The third kappa shape index (κ3) is 2.93. The zero-order chi connectivity index (χ0) is 14.0. The van der Waals surface area contributed by atoms with Crippen LogP contribution in [-0.4, -0.2) is 5.91 Å². The highest BCUT2D eigenvalue weighted by atomic mass is 35.5. The Balaban J connectivity index is 2.31. The monoisotopic (exact) mass is 277 g/mol. The molecule has 1 N–H and O–H groups in total. The maximum absolute atomic E-state index is 13.7. The Hall–Kier alpha value is -1.87. The van der Waals surface area contributed by atoms with E-state index in [4.69, 9.17) is 11.6 Å². The number of carbonyl (C=O) groups is 1. The molecule has 4 heteroatoms. The summed E-state index contributed by atoms with van der Waals surface area (Å²) in [5.74, 6) is -1.05. The van der Waals surface area contributed by atoms with Gasteiger partial charge in [0.2, 0.25) is 0 Å². The summed E-state index contributed by atoms with van der Waals surface area (Å²) in [5, 5.41) is 3.08. The van der Waals surface area contributed by atoms with E-state index in [1.54, 1.807) is 25.1 Å². The molecule has 0 aromatic heterocycles. The molecule has 2 aromatic rings. The van der Waals surface area contributed by atoms with Crippen LogP contribution in [0.1, 0.15) is 21.5 Å². The lowest BCUT2D eigenvalue weighted by atomic mass is 10.1. The molecule has 0 spiro atoms. The van der Waals surface area contributed by atoms with Gasteiger partial charge in [0.1, 0.15) is 5.82 Å². The average Bonchev–Trinajstić information content (AvgIpc) is 2.33. The number of amides is 1. The molecule has 2 aromatic carbocycles. The Morgan fingerprint density at radius 2 is 1.95 bits per heavy atom. The van der Waals surface area contributed by atoms with Crippen LogP contribution in [0.5, 0.6) is 0 Å². The van der Waals surface area contributed by atoms with Gasteiger partial charge < -0.3 is 5.32 Å². The van der Waals surface area contributed by atoms with E-state index in [0.717, 1.165) is 11.1 Å². The Morgan fingerprint density at radius 1 is 1.21 bits per heavy atom. The highest BCUT2D eigenvalue weighted by Crippen LogP contribution is 2.26. The number of benzene rings is 2. The van der Waals surface area contributed by atoms with Crippen molar-refractivity contribution in [2.75, 3.05) is 5.32 Å². The first kappa shape index (κ1) is 13.6. The van der Waals surface area contributed by atoms with Gasteiger partial charge >= 0.3 is 0 Å². The van der Waals surface area contributed by atoms with E-state index in [-0.39, 0.29) is 5.56 Å². The summed E-state index contributed by atoms with van der Waals surface area (Å²) in [5.41, 5.74) is 2.11. The second-order valence-corrected chi connectivity index (χ2v) is 4.78. The lowest BCUT2D eigenvalue weighted by Crippen LogP contribution is -2.15. The summed E-state index contributed by atoms with van der Waals surface area (Å²) < 4.78 is 13.7. The first-order valence-corrected chi connectivity index (χ1v) is 6.19. The number of halogens is 2. The number of nitrogens with one attached hydrogen (secondary N) is 1. The van der Waals surface area contributed by atoms with Crippen LogP contribution in [0.15, 0.2) is 36.4 Å². The van der Waals surface area contributed by atoms with Crippen LogP contribution < -0.4 is 5.32 Å². The fourth-order valence-corrected chi connectivity index (χ4v) is 2.04. The first-order chi connectivity index (χ1) is 8.99. The van der Waals surface area contributed by atoms with Gasteiger partial charge in [0, 0.05) is 0 Å². The molecule has 19 heavy (non-hydrogen) atoms. The highest BCUT2D eigenvalue weighted by molar-refractivity contribution is 6.34. The Labute approximate surface area is 116 Å². The topological polar surface area (TPSA) is 29.1 Å². The largest absolute Gasteiger partial charge is 0.320 e. The van der Waals surface area contributed by atoms with E-state index in [1.807, 2.05) is 13.0 Å². The summed E-state index contributed by atoms with van der Waals surface area (Å²) in [4.78, 5) is 12.0. The van der Waals surface area contributed by atoms with Gasteiger partial charge in [-0.15, -0.1) is 0 Å². The van der Waals surface area contributed by atoms with Crippen LogP contribution in [0.25, 0.3) is 0 Å². The third-order valence-electron chi connectivity index (χ3n) is 2.83. The normalized spacial score (nSPS) is 10.3. The SMILES string of the molecule is Cc1ccc(C(=O)Nc2c(C)cccc2Cl)c(F)c1. The minimum absolute atomic E-state index is 0.00456. The van der Waals surface area contributed by atoms with Gasteiger partial charge in [0.25, 0.3) is 5.91 Å². The Morgan fingerprint density at radius 3 is 2.58 bits per heavy atom. The number of para-hydroxylation sites is 1. The predicted octanol–water partition coefficient (Wildman–Crippen LogP) is 4.35. The quantitative estimate of drug-likeness (QED) is 0.869. The van der Waals surface area contributed by atoms with Crippen molar-refractivity contribution in [1.82, 2.24) is 0 Å². The van der Waals surface area contributed by atoms with E-state index in [9.17, 15) is 9.18 Å². The van der Waals surface area contributed by atoms with Gasteiger partial charge in [-0.2, -0.15) is 0 Å². The fourth-order valence-electron chi connectivity index (χ4n) is 1.78. The van der Waals surface area contributed by atoms with Crippen LogP contribution in [0.3, 0.4) is 0 Å². The molecule has 2 nitrogen and oxygen atoms in total. The molecular weight excluding hydrogens is 265 g/mol. The van der Waals surface area contributed by atoms with Crippen LogP contribution in [0, 0.1) is 19.7 Å². The number of rotatable bonds is 2. The van der Waals surface area contributed by atoms with Crippen molar-refractivity contribution < 1.29 is 9.18 Å². The van der Waals surface area contributed by atoms with Crippen molar-refractivity contribution >= 4 is 23.2 Å². The van der Waals surface area contributed by atoms with Crippen molar-refractivity contribution in [3.8, 4) is 0 Å². The lowest BCUT2D eigenvalue weighted by Gasteiger charge is -2.10. The number of carbonyl (C=O) groups excluding carboxylic acids is 1. The summed E-state index contributed by atoms with van der Waals surface area (Å²) in [7, 11) is 0. The summed E-state index contributed by atoms with van der Waals surface area (Å²) >= 11 is 6.02. The zero-order valence-corrected chi connectivity index (χ0v) is 11.4. The predicted molar refractivity (Wildman–Crippen MR) is 75.3 cm³/mol. The number of aryl methyl sites for hydroxylation is 2. The molecular formula is C15H13ClFNO. The van der Waals surface area contributed by atoms with Crippen molar-refractivity contribution in [2.45, 2.75) is 13.8 Å². The van der Waals surface area contributed by atoms with Crippen LogP contribution in [0.4, 0.5) is 10.1 Å². The molecule has 0 bridgehead atoms. The smallest absolute Gasteiger partial charge is 0.258 e. The van der Waals surface area contributed by atoms with Gasteiger partial charge in [0.15, 0.2) is 0 Å². The second kappa shape index (κ2) is 5.41. The second-order valence-electron chi connectivity index (χ2n) is 4.37. The fraction of sp³-hybridized carbons (Fsp3) is 0.133. The molecule has 1 amide bonds. The van der Waals surface area contributed by atoms with Gasteiger partial charge in [-0.3, -0.25) is 4.79 Å². The van der Waals surface area contributed by atoms with Gasteiger partial charge in [-0.1, -0.05) is 29.8 Å². The summed E-state index contributed by atoms with van der Waals surface area (Å²) in [6, 6.07) is 9.78. The van der Waals surface area contributed by atoms with E-state index in [0.29, 0.717) is 10.7 Å². The number of hydrogen-bond donors (Lipinski definition) is 1. The molecule has 0 fully saturated rings. The molecule has 0 heterocycles. The number of anilines is 1. The molecule has 0 aliphatic heterocycles. The van der Waals surface area contributed by atoms with Crippen LogP contribution >= 0.6 is 11.6 Å². The van der Waals surface area contributed by atoms with Crippen molar-refractivity contribution in [2.24, 2.45) is 0 Å². The third-order valence-corrected chi connectivity index (χ3v) is 3.14. The number of hydrogen-bond acceptors (Lipinski definition) is 1. The van der Waals surface area contributed by atoms with Gasteiger partial charge in [-0.25, -0.2) is 4.39 Å². The van der Waals surface area contributed by atoms with Crippen LogP contribution in [-0.2, 0) is 0 Å². The van der Waals surface area contributed by atoms with Crippen molar-refractivity contribution in [1.29, 1.82) is 0 Å². The Kier molecular flexibility index (Phi) is 3.86. The van der Waals surface area contributed by atoms with Gasteiger partial charge in [-0.05, 0) is 43.2 Å². The van der Waals surface area contributed by atoms with Crippen LogP contribution in [0.2, 0.25) is 5.02 Å². The molecule has 0 radical (unpaired) electrons.